The highest BCUT2D eigenvalue weighted by Crippen LogP contribution is 2.36. The summed E-state index contributed by atoms with van der Waals surface area (Å²) in [6.45, 7) is 4.55. The van der Waals surface area contributed by atoms with Gasteiger partial charge in [0, 0.05) is 0 Å². The Morgan fingerprint density at radius 2 is 2.18 bits per heavy atom. The van der Waals surface area contributed by atoms with E-state index in [9.17, 15) is 0 Å². The lowest BCUT2D eigenvalue weighted by molar-refractivity contribution is 0.373. The first kappa shape index (κ1) is 12.7. The number of furan rings is 1. The smallest absolute Gasteiger partial charge is 0.0937 e. The Hall–Kier alpha value is -0.760. The Labute approximate surface area is 105 Å². The minimum absolute atomic E-state index is 0.709. The first-order valence-corrected chi connectivity index (χ1v) is 7.14. The quantitative estimate of drug-likeness (QED) is 0.617. The van der Waals surface area contributed by atoms with Crippen molar-refractivity contribution in [2.24, 2.45) is 5.92 Å². The summed E-state index contributed by atoms with van der Waals surface area (Å²) < 4.78 is 5.26. The van der Waals surface area contributed by atoms with E-state index in [-0.39, 0.29) is 0 Å². The second kappa shape index (κ2) is 6.85. The normalized spacial score (nSPS) is 25.7. The minimum atomic E-state index is 0.709. The average molecular weight is 235 g/mol. The number of hydrogen-bond acceptors (Lipinski definition) is 2. The molecule has 1 aromatic rings. The van der Waals surface area contributed by atoms with Crippen LogP contribution in [0.1, 0.15) is 56.9 Å². The summed E-state index contributed by atoms with van der Waals surface area (Å²) in [5.74, 6) is 1.50. The van der Waals surface area contributed by atoms with Crippen LogP contribution >= 0.6 is 0 Å². The first-order chi connectivity index (χ1) is 8.42. The van der Waals surface area contributed by atoms with Crippen molar-refractivity contribution in [3.63, 3.8) is 0 Å². The molecule has 2 atom stereocenters. The van der Waals surface area contributed by atoms with Crippen LogP contribution in [0, 0.1) is 5.92 Å². The summed E-state index contributed by atoms with van der Waals surface area (Å²) in [6, 6.07) is 2.16. The van der Waals surface area contributed by atoms with Crippen LogP contribution in [0.25, 0.3) is 0 Å². The summed E-state index contributed by atoms with van der Waals surface area (Å²) in [4.78, 5) is 0. The molecule has 1 saturated carbocycles. The predicted octanol–water partition coefficient (Wildman–Crippen LogP) is 3.94. The molecular weight excluding hydrogens is 210 g/mol. The molecule has 0 aromatic carbocycles. The highest BCUT2D eigenvalue weighted by molar-refractivity contribution is 5.14. The Bertz CT molecular complexity index is 294. The second-order valence-electron chi connectivity index (χ2n) is 5.27. The van der Waals surface area contributed by atoms with Gasteiger partial charge >= 0.3 is 0 Å². The van der Waals surface area contributed by atoms with Crippen molar-refractivity contribution in [3.05, 3.63) is 24.2 Å². The van der Waals surface area contributed by atoms with E-state index >= 15 is 0 Å². The van der Waals surface area contributed by atoms with Gasteiger partial charge in [0.05, 0.1) is 12.5 Å². The van der Waals surface area contributed by atoms with Gasteiger partial charge in [0.1, 0.15) is 0 Å². The zero-order valence-electron chi connectivity index (χ0n) is 11.0. The highest BCUT2D eigenvalue weighted by Gasteiger charge is 2.25. The molecule has 1 heterocycles. The molecule has 0 amide bonds. The molecule has 17 heavy (non-hydrogen) atoms. The molecule has 96 valence electrons. The van der Waals surface area contributed by atoms with Gasteiger partial charge in [0.2, 0.25) is 0 Å². The second-order valence-corrected chi connectivity index (χ2v) is 5.27. The van der Waals surface area contributed by atoms with Gasteiger partial charge in [-0.05, 0) is 55.8 Å². The molecule has 1 N–H and O–H groups in total. The third-order valence-corrected chi connectivity index (χ3v) is 3.96. The zero-order valence-corrected chi connectivity index (χ0v) is 11.0. The lowest BCUT2D eigenvalue weighted by atomic mass is 9.83. The van der Waals surface area contributed by atoms with Crippen LogP contribution in [-0.2, 0) is 0 Å². The Morgan fingerprint density at radius 1 is 1.29 bits per heavy atom. The van der Waals surface area contributed by atoms with Crippen molar-refractivity contribution >= 4 is 0 Å². The molecule has 1 aliphatic carbocycles. The van der Waals surface area contributed by atoms with E-state index in [4.69, 9.17) is 4.42 Å². The van der Waals surface area contributed by atoms with E-state index in [1.807, 2.05) is 12.5 Å². The fraction of sp³-hybridized carbons (Fsp3) is 0.733. The van der Waals surface area contributed by atoms with Crippen molar-refractivity contribution in [2.45, 2.75) is 51.4 Å². The van der Waals surface area contributed by atoms with Crippen molar-refractivity contribution < 1.29 is 4.42 Å². The predicted molar refractivity (Wildman–Crippen MR) is 71.2 cm³/mol. The van der Waals surface area contributed by atoms with Gasteiger partial charge in [0.25, 0.3) is 0 Å². The summed E-state index contributed by atoms with van der Waals surface area (Å²) >= 11 is 0. The van der Waals surface area contributed by atoms with Crippen molar-refractivity contribution in [1.29, 1.82) is 0 Å². The largest absolute Gasteiger partial charge is 0.472 e. The van der Waals surface area contributed by atoms with E-state index in [0.717, 1.165) is 12.5 Å². The molecule has 1 fully saturated rings. The van der Waals surface area contributed by atoms with Gasteiger partial charge in [-0.25, -0.2) is 0 Å². The van der Waals surface area contributed by atoms with Crippen LogP contribution in [0.2, 0.25) is 0 Å². The topological polar surface area (TPSA) is 25.2 Å². The summed E-state index contributed by atoms with van der Waals surface area (Å²) in [7, 11) is 0. The molecule has 1 aliphatic rings. The number of nitrogens with one attached hydrogen (secondary N) is 1. The monoisotopic (exact) mass is 235 g/mol. The maximum atomic E-state index is 5.26. The van der Waals surface area contributed by atoms with Crippen molar-refractivity contribution in [2.75, 3.05) is 13.1 Å². The van der Waals surface area contributed by atoms with Gasteiger partial charge in [0.15, 0.2) is 0 Å². The Balaban J connectivity index is 1.97. The Morgan fingerprint density at radius 3 is 2.94 bits per heavy atom. The third kappa shape index (κ3) is 3.60. The molecule has 0 saturated heterocycles. The molecule has 0 radical (unpaired) electrons. The summed E-state index contributed by atoms with van der Waals surface area (Å²) in [6.07, 6.45) is 11.9. The molecule has 1 aromatic heterocycles. The van der Waals surface area contributed by atoms with Gasteiger partial charge in [-0.3, -0.25) is 0 Å². The Kier molecular flexibility index (Phi) is 5.11. The van der Waals surface area contributed by atoms with E-state index in [2.05, 4.69) is 18.3 Å². The molecule has 0 bridgehead atoms. The minimum Gasteiger partial charge on any atom is -0.472 e. The van der Waals surface area contributed by atoms with Crippen LogP contribution in [0.5, 0.6) is 0 Å². The lowest BCUT2D eigenvalue weighted by Crippen LogP contribution is -2.27. The standard InChI is InChI=1S/C15H25NO/c1-2-9-16-11-13-6-4-3-5-7-15(13)14-8-10-17-12-14/h8,10,12-13,15-16H,2-7,9,11H2,1H3. The lowest BCUT2D eigenvalue weighted by Gasteiger charge is -2.24. The zero-order chi connectivity index (χ0) is 11.9. The van der Waals surface area contributed by atoms with Crippen molar-refractivity contribution in [3.8, 4) is 0 Å². The molecule has 2 rings (SSSR count). The molecular formula is C15H25NO. The van der Waals surface area contributed by atoms with Crippen LogP contribution in [0.15, 0.2) is 23.0 Å². The van der Waals surface area contributed by atoms with E-state index < -0.39 is 0 Å². The highest BCUT2D eigenvalue weighted by atomic mass is 16.3. The van der Waals surface area contributed by atoms with E-state index in [1.54, 1.807) is 0 Å². The number of hydrogen-bond donors (Lipinski definition) is 1. The third-order valence-electron chi connectivity index (χ3n) is 3.96. The van der Waals surface area contributed by atoms with Gasteiger partial charge in [-0.1, -0.05) is 26.2 Å². The molecule has 2 unspecified atom stereocenters. The van der Waals surface area contributed by atoms with Crippen LogP contribution in [0.4, 0.5) is 0 Å². The average Bonchev–Trinajstić information content (AvgIpc) is 2.77. The fourth-order valence-corrected chi connectivity index (χ4v) is 3.02. The van der Waals surface area contributed by atoms with Gasteiger partial charge in [-0.2, -0.15) is 0 Å². The maximum absolute atomic E-state index is 5.26. The SMILES string of the molecule is CCCNCC1CCCCCC1c1ccoc1. The maximum Gasteiger partial charge on any atom is 0.0937 e. The fourth-order valence-electron chi connectivity index (χ4n) is 3.02. The van der Waals surface area contributed by atoms with Crippen LogP contribution in [-0.4, -0.2) is 13.1 Å². The summed E-state index contributed by atoms with van der Waals surface area (Å²) in [5, 5.41) is 3.59. The van der Waals surface area contributed by atoms with Crippen LogP contribution in [0.3, 0.4) is 0 Å². The molecule has 0 aliphatic heterocycles. The van der Waals surface area contributed by atoms with E-state index in [1.165, 1.54) is 50.6 Å². The first-order valence-electron chi connectivity index (χ1n) is 7.14. The molecule has 2 nitrogen and oxygen atoms in total. The van der Waals surface area contributed by atoms with E-state index in [0.29, 0.717) is 5.92 Å². The van der Waals surface area contributed by atoms with Gasteiger partial charge < -0.3 is 9.73 Å². The number of rotatable bonds is 5. The van der Waals surface area contributed by atoms with Crippen LogP contribution < -0.4 is 5.32 Å². The molecule has 0 spiro atoms. The van der Waals surface area contributed by atoms with Crippen molar-refractivity contribution in [1.82, 2.24) is 5.32 Å². The molecule has 2 heteroatoms. The summed E-state index contributed by atoms with van der Waals surface area (Å²) in [5.41, 5.74) is 1.41. The van der Waals surface area contributed by atoms with Gasteiger partial charge in [-0.15, -0.1) is 0 Å².